The van der Waals surface area contributed by atoms with E-state index in [1.54, 1.807) is 12.5 Å². The Bertz CT molecular complexity index is 429. The predicted octanol–water partition coefficient (Wildman–Crippen LogP) is 0.566. The summed E-state index contributed by atoms with van der Waals surface area (Å²) >= 11 is 0. The summed E-state index contributed by atoms with van der Waals surface area (Å²) in [6, 6.07) is -0.369. The number of carboxylic acids is 1. The molecule has 84 valence electrons. The minimum atomic E-state index is -0.933. The lowest BCUT2D eigenvalue weighted by atomic mass is 10.2. The molecule has 0 bridgehead atoms. The highest BCUT2D eigenvalue weighted by atomic mass is 16.4. The number of terminal acetylenes is 1. The number of carbonyl (C=O) groups is 1. The van der Waals surface area contributed by atoms with Crippen LogP contribution in [0, 0.1) is 12.3 Å². The van der Waals surface area contributed by atoms with Gasteiger partial charge in [-0.15, -0.1) is 6.42 Å². The zero-order valence-electron chi connectivity index (χ0n) is 8.76. The van der Waals surface area contributed by atoms with Gasteiger partial charge in [0, 0.05) is 6.04 Å². The first-order valence-corrected chi connectivity index (χ1v) is 5.15. The smallest absolute Gasteiger partial charge is 0.326 e. The minimum Gasteiger partial charge on any atom is -0.480 e. The van der Waals surface area contributed by atoms with Crippen molar-refractivity contribution in [3.05, 3.63) is 18.2 Å². The summed E-state index contributed by atoms with van der Waals surface area (Å²) in [5, 5.41) is 11.9. The van der Waals surface area contributed by atoms with E-state index >= 15 is 0 Å². The van der Waals surface area contributed by atoms with Gasteiger partial charge in [-0.3, -0.25) is 10.1 Å². The van der Waals surface area contributed by atoms with Gasteiger partial charge in [0.1, 0.15) is 6.04 Å². The second-order valence-electron chi connectivity index (χ2n) is 3.81. The summed E-state index contributed by atoms with van der Waals surface area (Å²) in [6.45, 7) is 0.229. The highest BCUT2D eigenvalue weighted by Crippen LogP contribution is 2.36. The molecule has 0 radical (unpaired) electrons. The highest BCUT2D eigenvalue weighted by Gasteiger charge is 2.30. The van der Waals surface area contributed by atoms with E-state index in [2.05, 4.69) is 16.2 Å². The van der Waals surface area contributed by atoms with Crippen LogP contribution in [0.25, 0.3) is 0 Å². The van der Waals surface area contributed by atoms with Crippen LogP contribution in [0.4, 0.5) is 0 Å². The van der Waals surface area contributed by atoms with Crippen LogP contribution < -0.4 is 5.32 Å². The first-order valence-electron chi connectivity index (χ1n) is 5.15. The van der Waals surface area contributed by atoms with Crippen LogP contribution >= 0.6 is 0 Å². The van der Waals surface area contributed by atoms with E-state index in [4.69, 9.17) is 11.5 Å². The average Bonchev–Trinajstić information content (AvgIpc) is 2.99. The molecule has 1 aromatic rings. The molecule has 5 nitrogen and oxygen atoms in total. The number of hydrogen-bond acceptors (Lipinski definition) is 3. The van der Waals surface area contributed by atoms with Crippen LogP contribution in [-0.4, -0.2) is 27.2 Å². The molecule has 2 rings (SSSR count). The van der Waals surface area contributed by atoms with E-state index in [0.29, 0.717) is 11.7 Å². The van der Waals surface area contributed by atoms with Crippen molar-refractivity contribution < 1.29 is 9.90 Å². The molecule has 0 aliphatic heterocycles. The molecule has 1 atom stereocenters. The fourth-order valence-electron chi connectivity index (χ4n) is 1.68. The summed E-state index contributed by atoms with van der Waals surface area (Å²) < 4.78 is 1.92. The van der Waals surface area contributed by atoms with Gasteiger partial charge in [0.15, 0.2) is 0 Å². The maximum Gasteiger partial charge on any atom is 0.326 e. The van der Waals surface area contributed by atoms with Gasteiger partial charge in [-0.2, -0.15) is 0 Å². The van der Waals surface area contributed by atoms with Gasteiger partial charge in [0.25, 0.3) is 0 Å². The topological polar surface area (TPSA) is 67.2 Å². The van der Waals surface area contributed by atoms with Crippen molar-refractivity contribution in [2.75, 3.05) is 6.54 Å². The van der Waals surface area contributed by atoms with Crippen LogP contribution in [0.15, 0.2) is 12.5 Å². The van der Waals surface area contributed by atoms with Gasteiger partial charge in [-0.25, -0.2) is 4.98 Å². The Balaban J connectivity index is 2.20. The molecule has 5 heteroatoms. The number of imidazole rings is 1. The third kappa shape index (κ3) is 2.07. The van der Waals surface area contributed by atoms with Gasteiger partial charge < -0.3 is 9.67 Å². The number of aromatic nitrogens is 2. The normalized spacial score (nSPS) is 16.7. The number of nitrogens with one attached hydrogen (secondary N) is 1. The largest absolute Gasteiger partial charge is 0.480 e. The summed E-state index contributed by atoms with van der Waals surface area (Å²) in [5.41, 5.74) is 0.672. The first-order chi connectivity index (χ1) is 7.74. The summed E-state index contributed by atoms with van der Waals surface area (Å²) in [6.07, 6.45) is 10.6. The predicted molar refractivity (Wildman–Crippen MR) is 57.7 cm³/mol. The SMILES string of the molecule is C#CCNC(C(=O)O)c1cncn1C1CC1. The molecular formula is C11H13N3O2. The third-order valence-electron chi connectivity index (χ3n) is 2.59. The lowest BCUT2D eigenvalue weighted by molar-refractivity contribution is -0.139. The molecule has 16 heavy (non-hydrogen) atoms. The number of aliphatic carboxylic acids is 1. The van der Waals surface area contributed by atoms with Crippen LogP contribution in [0.5, 0.6) is 0 Å². The Morgan fingerprint density at radius 3 is 3.12 bits per heavy atom. The molecule has 0 amide bonds. The summed E-state index contributed by atoms with van der Waals surface area (Å²) in [4.78, 5) is 15.1. The van der Waals surface area contributed by atoms with E-state index in [0.717, 1.165) is 12.8 Å². The zero-order valence-corrected chi connectivity index (χ0v) is 8.76. The van der Waals surface area contributed by atoms with Crippen LogP contribution in [0.1, 0.15) is 30.6 Å². The monoisotopic (exact) mass is 219 g/mol. The van der Waals surface area contributed by atoms with E-state index in [-0.39, 0.29) is 6.54 Å². The van der Waals surface area contributed by atoms with Gasteiger partial charge in [-0.1, -0.05) is 5.92 Å². The minimum absolute atomic E-state index is 0.229. The van der Waals surface area contributed by atoms with Crippen molar-refractivity contribution in [1.82, 2.24) is 14.9 Å². The van der Waals surface area contributed by atoms with E-state index in [1.165, 1.54) is 0 Å². The van der Waals surface area contributed by atoms with Gasteiger partial charge in [-0.05, 0) is 12.8 Å². The molecule has 0 aromatic carbocycles. The second kappa shape index (κ2) is 4.37. The van der Waals surface area contributed by atoms with Gasteiger partial charge in [0.05, 0.1) is 24.8 Å². The molecule has 1 heterocycles. The fraction of sp³-hybridized carbons (Fsp3) is 0.455. The Morgan fingerprint density at radius 2 is 2.56 bits per heavy atom. The quantitative estimate of drug-likeness (QED) is 0.710. The maximum absolute atomic E-state index is 11.1. The van der Waals surface area contributed by atoms with Crippen molar-refractivity contribution in [1.29, 1.82) is 0 Å². The van der Waals surface area contributed by atoms with Crippen LogP contribution in [0.3, 0.4) is 0 Å². The number of carboxylic acid groups (broad SMARTS) is 1. The maximum atomic E-state index is 11.1. The van der Waals surface area contributed by atoms with Crippen molar-refractivity contribution >= 4 is 5.97 Å². The van der Waals surface area contributed by atoms with E-state index in [1.807, 2.05) is 4.57 Å². The van der Waals surface area contributed by atoms with Crippen LogP contribution in [0.2, 0.25) is 0 Å². The number of hydrogen-bond donors (Lipinski definition) is 2. The number of nitrogens with zero attached hydrogens (tertiary/aromatic N) is 2. The second-order valence-corrected chi connectivity index (χ2v) is 3.81. The third-order valence-corrected chi connectivity index (χ3v) is 2.59. The molecular weight excluding hydrogens is 206 g/mol. The Hall–Kier alpha value is -1.80. The Labute approximate surface area is 93.5 Å². The Kier molecular flexibility index (Phi) is 2.93. The first kappa shape index (κ1) is 10.7. The lowest BCUT2D eigenvalue weighted by Gasteiger charge is -2.14. The number of rotatable bonds is 5. The molecule has 1 unspecified atom stereocenters. The molecule has 1 aliphatic rings. The van der Waals surface area contributed by atoms with Crippen molar-refractivity contribution in [3.8, 4) is 12.3 Å². The van der Waals surface area contributed by atoms with Gasteiger partial charge >= 0.3 is 5.97 Å². The van der Waals surface area contributed by atoms with Crippen molar-refractivity contribution in [3.63, 3.8) is 0 Å². The summed E-state index contributed by atoms with van der Waals surface area (Å²) in [7, 11) is 0. The van der Waals surface area contributed by atoms with Gasteiger partial charge in [0.2, 0.25) is 0 Å². The summed E-state index contributed by atoms with van der Waals surface area (Å²) in [5.74, 6) is 1.44. The van der Waals surface area contributed by atoms with Crippen molar-refractivity contribution in [2.24, 2.45) is 0 Å². The average molecular weight is 219 g/mol. The zero-order chi connectivity index (χ0) is 11.5. The molecule has 0 spiro atoms. The Morgan fingerprint density at radius 1 is 1.81 bits per heavy atom. The van der Waals surface area contributed by atoms with E-state index in [9.17, 15) is 4.79 Å². The highest BCUT2D eigenvalue weighted by molar-refractivity contribution is 5.75. The lowest BCUT2D eigenvalue weighted by Crippen LogP contribution is -2.30. The standard InChI is InChI=1S/C11H13N3O2/c1-2-5-13-10(11(15)16)9-6-12-7-14(9)8-3-4-8/h1,6-8,10,13H,3-5H2,(H,15,16). The molecule has 1 aliphatic carbocycles. The molecule has 1 saturated carbocycles. The molecule has 2 N–H and O–H groups in total. The van der Waals surface area contributed by atoms with E-state index < -0.39 is 12.0 Å². The molecule has 1 fully saturated rings. The molecule has 1 aromatic heterocycles. The fourth-order valence-corrected chi connectivity index (χ4v) is 1.68. The van der Waals surface area contributed by atoms with Crippen LogP contribution in [-0.2, 0) is 4.79 Å². The van der Waals surface area contributed by atoms with Crippen molar-refractivity contribution in [2.45, 2.75) is 24.9 Å². The molecule has 0 saturated heterocycles.